The van der Waals surface area contributed by atoms with Gasteiger partial charge in [0.15, 0.2) is 0 Å². The first-order valence-electron chi connectivity index (χ1n) is 8.43. The Morgan fingerprint density at radius 2 is 2.16 bits per heavy atom. The van der Waals surface area contributed by atoms with E-state index >= 15 is 0 Å². The van der Waals surface area contributed by atoms with Crippen molar-refractivity contribution in [3.63, 3.8) is 0 Å². The highest BCUT2D eigenvalue weighted by Crippen LogP contribution is 2.30. The van der Waals surface area contributed by atoms with Crippen LogP contribution in [0.4, 0.5) is 0 Å². The van der Waals surface area contributed by atoms with Crippen LogP contribution in [0.25, 0.3) is 0 Å². The summed E-state index contributed by atoms with van der Waals surface area (Å²) < 4.78 is 0. The summed E-state index contributed by atoms with van der Waals surface area (Å²) in [5.41, 5.74) is 7.28. The summed E-state index contributed by atoms with van der Waals surface area (Å²) in [7, 11) is 0. The van der Waals surface area contributed by atoms with Crippen LogP contribution in [0.15, 0.2) is 30.3 Å². The van der Waals surface area contributed by atoms with Gasteiger partial charge in [0.25, 0.3) is 5.91 Å². The lowest BCUT2D eigenvalue weighted by Gasteiger charge is -2.35. The number of amides is 2. The average molecular weight is 361 g/mol. The Morgan fingerprint density at radius 1 is 1.32 bits per heavy atom. The number of carbonyl (C=O) groups is 2. The van der Waals surface area contributed by atoms with Crippen LogP contribution in [0.3, 0.4) is 0 Å². The van der Waals surface area contributed by atoms with Gasteiger partial charge < -0.3 is 10.6 Å². The minimum absolute atomic E-state index is 0.0822. The quantitative estimate of drug-likeness (QED) is 0.858. The van der Waals surface area contributed by atoms with Gasteiger partial charge in [0.1, 0.15) is 5.69 Å². The van der Waals surface area contributed by atoms with Gasteiger partial charge in [0.2, 0.25) is 5.91 Å². The molecule has 0 aliphatic carbocycles. The summed E-state index contributed by atoms with van der Waals surface area (Å²) in [5.74, 6) is -0.475. The third-order valence-electron chi connectivity index (χ3n) is 4.55. The van der Waals surface area contributed by atoms with Crippen LogP contribution in [0, 0.1) is 0 Å². The molecule has 0 bridgehead atoms. The molecule has 7 heteroatoms. The van der Waals surface area contributed by atoms with E-state index in [1.165, 1.54) is 0 Å². The van der Waals surface area contributed by atoms with E-state index in [-0.39, 0.29) is 17.6 Å². The van der Waals surface area contributed by atoms with Crippen LogP contribution in [0.5, 0.6) is 0 Å². The molecule has 25 heavy (non-hydrogen) atoms. The molecule has 1 aliphatic heterocycles. The summed E-state index contributed by atoms with van der Waals surface area (Å²) >= 11 is 6.00. The number of piperidine rings is 1. The van der Waals surface area contributed by atoms with Gasteiger partial charge in [-0.05, 0) is 49.4 Å². The molecule has 3 rings (SSSR count). The maximum atomic E-state index is 12.7. The van der Waals surface area contributed by atoms with E-state index in [0.717, 1.165) is 30.5 Å². The number of rotatable bonds is 5. The van der Waals surface area contributed by atoms with Crippen LogP contribution in [-0.2, 0) is 11.2 Å². The fraction of sp³-hybridized carbons (Fsp3) is 0.389. The summed E-state index contributed by atoms with van der Waals surface area (Å²) in [5, 5.41) is 7.47. The molecule has 2 aromatic rings. The molecule has 1 atom stereocenters. The van der Waals surface area contributed by atoms with Gasteiger partial charge >= 0.3 is 0 Å². The van der Waals surface area contributed by atoms with Crippen molar-refractivity contribution in [2.24, 2.45) is 5.73 Å². The van der Waals surface area contributed by atoms with Crippen LogP contribution in [-0.4, -0.2) is 33.5 Å². The van der Waals surface area contributed by atoms with Gasteiger partial charge in [-0.25, -0.2) is 0 Å². The molecule has 1 aliphatic rings. The summed E-state index contributed by atoms with van der Waals surface area (Å²) in [6.45, 7) is 0.712. The fourth-order valence-corrected chi connectivity index (χ4v) is 3.49. The van der Waals surface area contributed by atoms with E-state index in [1.807, 2.05) is 29.2 Å². The standard InChI is InChI=1S/C18H21ClN4O2/c19-13-5-3-4-12(10-13)7-8-17(24)23-9-2-1-6-16(23)14-11-15(18(20)25)22-21-14/h3-5,10-11,16H,1-2,6-9H2,(H2,20,25)(H,21,22). The molecule has 2 amide bonds. The highest BCUT2D eigenvalue weighted by atomic mass is 35.5. The summed E-state index contributed by atoms with van der Waals surface area (Å²) in [6.07, 6.45) is 3.94. The van der Waals surface area contributed by atoms with E-state index in [9.17, 15) is 9.59 Å². The predicted octanol–water partition coefficient (Wildman–Crippen LogP) is 2.85. The first kappa shape index (κ1) is 17.5. The molecule has 0 saturated carbocycles. The predicted molar refractivity (Wildman–Crippen MR) is 95.2 cm³/mol. The van der Waals surface area contributed by atoms with Crippen molar-refractivity contribution >= 4 is 23.4 Å². The summed E-state index contributed by atoms with van der Waals surface area (Å²) in [4.78, 5) is 25.9. The zero-order chi connectivity index (χ0) is 17.8. The van der Waals surface area contributed by atoms with Crippen molar-refractivity contribution in [3.05, 3.63) is 52.3 Å². The molecule has 1 fully saturated rings. The van der Waals surface area contributed by atoms with E-state index < -0.39 is 5.91 Å². The molecule has 1 aromatic carbocycles. The minimum atomic E-state index is -0.572. The number of nitrogens with zero attached hydrogens (tertiary/aromatic N) is 2. The Balaban J connectivity index is 1.69. The number of hydrogen-bond donors (Lipinski definition) is 2. The molecule has 3 N–H and O–H groups in total. The molecule has 1 saturated heterocycles. The highest BCUT2D eigenvalue weighted by Gasteiger charge is 2.29. The lowest BCUT2D eigenvalue weighted by Crippen LogP contribution is -2.38. The van der Waals surface area contributed by atoms with Gasteiger partial charge in [0, 0.05) is 18.0 Å². The summed E-state index contributed by atoms with van der Waals surface area (Å²) in [6, 6.07) is 9.14. The van der Waals surface area contributed by atoms with Gasteiger partial charge in [-0.3, -0.25) is 14.7 Å². The van der Waals surface area contributed by atoms with E-state index in [1.54, 1.807) is 6.07 Å². The Morgan fingerprint density at radius 3 is 2.88 bits per heavy atom. The number of halogens is 1. The molecule has 6 nitrogen and oxygen atoms in total. The molecule has 1 unspecified atom stereocenters. The number of likely N-dealkylation sites (tertiary alicyclic amines) is 1. The monoisotopic (exact) mass is 360 g/mol. The van der Waals surface area contributed by atoms with Crippen molar-refractivity contribution in [1.29, 1.82) is 0 Å². The van der Waals surface area contributed by atoms with Gasteiger partial charge in [-0.2, -0.15) is 5.10 Å². The highest BCUT2D eigenvalue weighted by molar-refractivity contribution is 6.30. The number of H-pyrrole nitrogens is 1. The zero-order valence-corrected chi connectivity index (χ0v) is 14.6. The molecular weight excluding hydrogens is 340 g/mol. The number of primary amides is 1. The maximum Gasteiger partial charge on any atom is 0.269 e. The SMILES string of the molecule is NC(=O)c1cc(C2CCCCN2C(=O)CCc2cccc(Cl)c2)[nH]n1. The van der Waals surface area contributed by atoms with Crippen LogP contribution < -0.4 is 5.73 Å². The smallest absolute Gasteiger partial charge is 0.269 e. The number of benzene rings is 1. The second-order valence-electron chi connectivity index (χ2n) is 6.30. The number of nitrogens with one attached hydrogen (secondary N) is 1. The lowest BCUT2D eigenvalue weighted by atomic mass is 9.98. The first-order valence-corrected chi connectivity index (χ1v) is 8.81. The third kappa shape index (κ3) is 4.20. The van der Waals surface area contributed by atoms with Gasteiger partial charge in [0.05, 0.1) is 11.7 Å². The number of aromatic nitrogens is 2. The van der Waals surface area contributed by atoms with Crippen LogP contribution >= 0.6 is 11.6 Å². The van der Waals surface area contributed by atoms with Crippen LogP contribution in [0.2, 0.25) is 5.02 Å². The minimum Gasteiger partial charge on any atom is -0.364 e. The van der Waals surface area contributed by atoms with E-state index in [0.29, 0.717) is 24.4 Å². The number of nitrogens with two attached hydrogens (primary N) is 1. The Hall–Kier alpha value is -2.34. The van der Waals surface area contributed by atoms with Crippen molar-refractivity contribution in [2.45, 2.75) is 38.1 Å². The Bertz CT molecular complexity index is 774. The second-order valence-corrected chi connectivity index (χ2v) is 6.74. The normalized spacial score (nSPS) is 17.5. The van der Waals surface area contributed by atoms with Gasteiger partial charge in [-0.1, -0.05) is 23.7 Å². The van der Waals surface area contributed by atoms with Crippen molar-refractivity contribution in [2.75, 3.05) is 6.54 Å². The van der Waals surface area contributed by atoms with Crippen LogP contribution in [0.1, 0.15) is 53.5 Å². The van der Waals surface area contributed by atoms with Crippen molar-refractivity contribution in [3.8, 4) is 0 Å². The Kier molecular flexibility index (Phi) is 5.38. The Labute approximate surface area is 151 Å². The van der Waals surface area contributed by atoms with Crippen molar-refractivity contribution in [1.82, 2.24) is 15.1 Å². The molecular formula is C18H21ClN4O2. The fourth-order valence-electron chi connectivity index (χ4n) is 3.27. The lowest BCUT2D eigenvalue weighted by molar-refractivity contribution is -0.135. The molecule has 0 radical (unpaired) electrons. The molecule has 0 spiro atoms. The third-order valence-corrected chi connectivity index (χ3v) is 4.78. The average Bonchev–Trinajstić information content (AvgIpc) is 3.10. The van der Waals surface area contributed by atoms with E-state index in [2.05, 4.69) is 10.2 Å². The molecule has 132 valence electrons. The molecule has 1 aromatic heterocycles. The second kappa shape index (κ2) is 7.70. The molecule has 2 heterocycles. The largest absolute Gasteiger partial charge is 0.364 e. The number of hydrogen-bond acceptors (Lipinski definition) is 3. The topological polar surface area (TPSA) is 92.1 Å². The number of aromatic amines is 1. The number of carbonyl (C=O) groups excluding carboxylic acids is 2. The maximum absolute atomic E-state index is 12.7. The zero-order valence-electron chi connectivity index (χ0n) is 13.9. The van der Waals surface area contributed by atoms with Crippen molar-refractivity contribution < 1.29 is 9.59 Å². The first-order chi connectivity index (χ1) is 12.0. The number of aryl methyl sites for hydroxylation is 1. The van der Waals surface area contributed by atoms with Gasteiger partial charge in [-0.15, -0.1) is 0 Å². The van der Waals surface area contributed by atoms with E-state index in [4.69, 9.17) is 17.3 Å².